The van der Waals surface area contributed by atoms with E-state index < -0.39 is 11.9 Å². The SMILES string of the molecule is COC(=O)c1cc(OC(C)=O)ccc1[C@@H]1CN(Cc2ccccc2)C[C@H]1C#N. The predicted molar refractivity (Wildman–Crippen MR) is 103 cm³/mol. The molecule has 0 saturated carbocycles. The van der Waals surface area contributed by atoms with Crippen molar-refractivity contribution in [3.63, 3.8) is 0 Å². The molecule has 0 amide bonds. The molecule has 3 rings (SSSR count). The van der Waals surface area contributed by atoms with E-state index in [2.05, 4.69) is 23.1 Å². The van der Waals surface area contributed by atoms with Crippen LogP contribution < -0.4 is 4.74 Å². The normalized spacial score (nSPS) is 19.0. The molecule has 144 valence electrons. The summed E-state index contributed by atoms with van der Waals surface area (Å²) in [7, 11) is 1.31. The van der Waals surface area contributed by atoms with Crippen LogP contribution in [0.4, 0.5) is 0 Å². The molecule has 1 aliphatic heterocycles. The fraction of sp³-hybridized carbons (Fsp3) is 0.318. The quantitative estimate of drug-likeness (QED) is 0.587. The van der Waals surface area contributed by atoms with Gasteiger partial charge in [0, 0.05) is 32.5 Å². The maximum atomic E-state index is 12.3. The van der Waals surface area contributed by atoms with Crippen LogP contribution in [0.3, 0.4) is 0 Å². The molecule has 0 N–H and O–H groups in total. The highest BCUT2D eigenvalue weighted by Crippen LogP contribution is 2.36. The molecule has 1 heterocycles. The summed E-state index contributed by atoms with van der Waals surface area (Å²) in [6, 6.07) is 17.4. The summed E-state index contributed by atoms with van der Waals surface area (Å²) >= 11 is 0. The highest BCUT2D eigenvalue weighted by atomic mass is 16.5. The van der Waals surface area contributed by atoms with Gasteiger partial charge in [0.05, 0.1) is 24.7 Å². The Morgan fingerprint density at radius 2 is 1.93 bits per heavy atom. The maximum Gasteiger partial charge on any atom is 0.338 e. The number of likely N-dealkylation sites (tertiary alicyclic amines) is 1. The van der Waals surface area contributed by atoms with E-state index in [0.29, 0.717) is 18.7 Å². The van der Waals surface area contributed by atoms with Crippen molar-refractivity contribution in [3.05, 3.63) is 65.2 Å². The number of nitriles is 1. The van der Waals surface area contributed by atoms with E-state index in [1.807, 2.05) is 18.2 Å². The number of rotatable bonds is 5. The van der Waals surface area contributed by atoms with E-state index >= 15 is 0 Å². The first-order valence-electron chi connectivity index (χ1n) is 9.08. The van der Waals surface area contributed by atoms with Crippen LogP contribution in [-0.2, 0) is 16.1 Å². The Labute approximate surface area is 164 Å². The van der Waals surface area contributed by atoms with E-state index in [4.69, 9.17) is 9.47 Å². The number of carbonyl (C=O) groups excluding carboxylic acids is 2. The topological polar surface area (TPSA) is 79.6 Å². The predicted octanol–water partition coefficient (Wildman–Crippen LogP) is 3.14. The Hall–Kier alpha value is -3.17. The van der Waals surface area contributed by atoms with Crippen LogP contribution >= 0.6 is 0 Å². The number of methoxy groups -OCH3 is 1. The number of esters is 2. The minimum atomic E-state index is -0.512. The molecular formula is C22H22N2O4. The first-order chi connectivity index (χ1) is 13.5. The third-order valence-corrected chi connectivity index (χ3v) is 4.90. The molecule has 0 spiro atoms. The van der Waals surface area contributed by atoms with Crippen molar-refractivity contribution in [2.45, 2.75) is 19.4 Å². The van der Waals surface area contributed by atoms with Crippen molar-refractivity contribution in [2.75, 3.05) is 20.2 Å². The van der Waals surface area contributed by atoms with Gasteiger partial charge in [0.2, 0.25) is 0 Å². The Morgan fingerprint density at radius 3 is 2.57 bits per heavy atom. The number of carbonyl (C=O) groups is 2. The van der Waals surface area contributed by atoms with Gasteiger partial charge in [-0.05, 0) is 23.3 Å². The van der Waals surface area contributed by atoms with Gasteiger partial charge >= 0.3 is 11.9 Å². The second-order valence-corrected chi connectivity index (χ2v) is 6.86. The van der Waals surface area contributed by atoms with Crippen LogP contribution in [0.5, 0.6) is 5.75 Å². The Morgan fingerprint density at radius 1 is 1.18 bits per heavy atom. The molecule has 6 heteroatoms. The van der Waals surface area contributed by atoms with Gasteiger partial charge in [-0.1, -0.05) is 36.4 Å². The molecule has 6 nitrogen and oxygen atoms in total. The molecule has 0 radical (unpaired) electrons. The highest BCUT2D eigenvalue weighted by Gasteiger charge is 2.36. The van der Waals surface area contributed by atoms with Crippen molar-refractivity contribution in [3.8, 4) is 11.8 Å². The maximum absolute atomic E-state index is 12.3. The van der Waals surface area contributed by atoms with Crippen molar-refractivity contribution in [2.24, 2.45) is 5.92 Å². The summed E-state index contributed by atoms with van der Waals surface area (Å²) in [6.07, 6.45) is 0. The number of hydrogen-bond donors (Lipinski definition) is 0. The molecular weight excluding hydrogens is 356 g/mol. The smallest absolute Gasteiger partial charge is 0.338 e. The van der Waals surface area contributed by atoms with Crippen LogP contribution in [0, 0.1) is 17.2 Å². The molecule has 28 heavy (non-hydrogen) atoms. The zero-order valence-corrected chi connectivity index (χ0v) is 15.9. The molecule has 1 fully saturated rings. The van der Waals surface area contributed by atoms with Gasteiger partial charge in [-0.15, -0.1) is 0 Å². The van der Waals surface area contributed by atoms with Crippen LogP contribution in [0.2, 0.25) is 0 Å². The van der Waals surface area contributed by atoms with E-state index in [1.165, 1.54) is 25.7 Å². The van der Waals surface area contributed by atoms with Gasteiger partial charge in [-0.3, -0.25) is 9.69 Å². The summed E-state index contributed by atoms with van der Waals surface area (Å²) in [4.78, 5) is 25.8. The monoisotopic (exact) mass is 378 g/mol. The molecule has 0 bridgehead atoms. The molecule has 1 aliphatic rings. The lowest BCUT2D eigenvalue weighted by Crippen LogP contribution is -2.20. The number of ether oxygens (including phenoxy) is 2. The van der Waals surface area contributed by atoms with E-state index in [0.717, 1.165) is 12.1 Å². The lowest BCUT2D eigenvalue weighted by Gasteiger charge is -2.18. The molecule has 0 unspecified atom stereocenters. The lowest BCUT2D eigenvalue weighted by molar-refractivity contribution is -0.131. The number of benzene rings is 2. The number of nitrogens with zero attached hydrogens (tertiary/aromatic N) is 2. The van der Waals surface area contributed by atoms with Gasteiger partial charge < -0.3 is 9.47 Å². The first-order valence-corrected chi connectivity index (χ1v) is 9.08. The van der Waals surface area contributed by atoms with Gasteiger partial charge in [0.1, 0.15) is 5.75 Å². The third kappa shape index (κ3) is 4.38. The molecule has 1 saturated heterocycles. The van der Waals surface area contributed by atoms with Crippen LogP contribution in [0.15, 0.2) is 48.5 Å². The van der Waals surface area contributed by atoms with Gasteiger partial charge in [-0.25, -0.2) is 4.79 Å². The lowest BCUT2D eigenvalue weighted by atomic mass is 9.86. The van der Waals surface area contributed by atoms with Gasteiger partial charge in [0.25, 0.3) is 0 Å². The standard InChI is InChI=1S/C22H22N2O4/c1-15(25)28-18-8-9-19(20(10-18)22(26)27-2)21-14-24(13-17(21)11-23)12-16-6-4-3-5-7-16/h3-10,17,21H,12-14H2,1-2H3/t17-,21-/m1/s1. The summed E-state index contributed by atoms with van der Waals surface area (Å²) in [5.74, 6) is -1.07. The Kier molecular flexibility index (Phi) is 6.07. The Balaban J connectivity index is 1.89. The second-order valence-electron chi connectivity index (χ2n) is 6.86. The van der Waals surface area contributed by atoms with Crippen LogP contribution in [0.1, 0.15) is 34.3 Å². The summed E-state index contributed by atoms with van der Waals surface area (Å²) in [5, 5.41) is 9.68. The molecule has 2 aromatic carbocycles. The van der Waals surface area contributed by atoms with Gasteiger partial charge in [0.15, 0.2) is 0 Å². The summed E-state index contributed by atoms with van der Waals surface area (Å²) in [5.41, 5.74) is 2.25. The zero-order valence-electron chi connectivity index (χ0n) is 15.9. The second kappa shape index (κ2) is 8.68. The highest BCUT2D eigenvalue weighted by molar-refractivity contribution is 5.92. The van der Waals surface area contributed by atoms with E-state index in [9.17, 15) is 14.9 Å². The zero-order chi connectivity index (χ0) is 20.1. The molecule has 2 atom stereocenters. The first kappa shape index (κ1) is 19.6. The average molecular weight is 378 g/mol. The van der Waals surface area contributed by atoms with Crippen molar-refractivity contribution in [1.29, 1.82) is 5.26 Å². The summed E-state index contributed by atoms with van der Waals surface area (Å²) < 4.78 is 10.0. The fourth-order valence-electron chi connectivity index (χ4n) is 3.68. The van der Waals surface area contributed by atoms with E-state index in [1.54, 1.807) is 12.1 Å². The minimum Gasteiger partial charge on any atom is -0.465 e. The van der Waals surface area contributed by atoms with Crippen molar-refractivity contribution in [1.82, 2.24) is 4.90 Å². The molecule has 2 aromatic rings. The molecule has 0 aromatic heterocycles. The average Bonchev–Trinajstić information content (AvgIpc) is 3.10. The Bertz CT molecular complexity index is 904. The number of hydrogen-bond acceptors (Lipinski definition) is 6. The van der Waals surface area contributed by atoms with Crippen LogP contribution in [0.25, 0.3) is 0 Å². The fourth-order valence-corrected chi connectivity index (χ4v) is 3.68. The van der Waals surface area contributed by atoms with Crippen molar-refractivity contribution < 1.29 is 19.1 Å². The van der Waals surface area contributed by atoms with Crippen LogP contribution in [-0.4, -0.2) is 37.0 Å². The van der Waals surface area contributed by atoms with Crippen molar-refractivity contribution >= 4 is 11.9 Å². The third-order valence-electron chi connectivity index (χ3n) is 4.90. The van der Waals surface area contributed by atoms with Gasteiger partial charge in [-0.2, -0.15) is 5.26 Å². The molecule has 0 aliphatic carbocycles. The summed E-state index contributed by atoms with van der Waals surface area (Å²) in [6.45, 7) is 3.33. The largest absolute Gasteiger partial charge is 0.465 e. The van der Waals surface area contributed by atoms with E-state index in [-0.39, 0.29) is 17.6 Å². The minimum absolute atomic E-state index is 0.130.